The summed E-state index contributed by atoms with van der Waals surface area (Å²) in [6, 6.07) is 4.98. The van der Waals surface area contributed by atoms with Gasteiger partial charge in [-0.3, -0.25) is 0 Å². The monoisotopic (exact) mass is 384 g/mol. The number of aromatic amines is 1. The number of amides is 1. The molecule has 1 aliphatic rings. The SMILES string of the molecule is CC(C)(C)OC(=O)N1CCc2c(ncnc2Oc2ccc3[nH]ccc3c2F)C1. The first-order valence-corrected chi connectivity index (χ1v) is 9.06. The normalized spacial score (nSPS) is 14.1. The van der Waals surface area contributed by atoms with Gasteiger partial charge in [0.15, 0.2) is 11.6 Å². The Morgan fingerprint density at radius 2 is 2.07 bits per heavy atom. The van der Waals surface area contributed by atoms with E-state index in [-0.39, 0.29) is 11.8 Å². The third-order valence-corrected chi connectivity index (χ3v) is 4.46. The summed E-state index contributed by atoms with van der Waals surface area (Å²) in [5.41, 5.74) is 1.58. The number of nitrogens with zero attached hydrogens (tertiary/aromatic N) is 3. The van der Waals surface area contributed by atoms with E-state index in [1.54, 1.807) is 29.3 Å². The lowest BCUT2D eigenvalue weighted by Gasteiger charge is -2.30. The summed E-state index contributed by atoms with van der Waals surface area (Å²) in [6.45, 7) is 6.22. The van der Waals surface area contributed by atoms with Gasteiger partial charge in [-0.2, -0.15) is 0 Å². The highest BCUT2D eigenvalue weighted by atomic mass is 19.1. The molecule has 0 aliphatic carbocycles. The fourth-order valence-corrected chi connectivity index (χ4v) is 3.15. The van der Waals surface area contributed by atoms with Crippen molar-refractivity contribution in [2.24, 2.45) is 0 Å². The van der Waals surface area contributed by atoms with E-state index >= 15 is 0 Å². The molecular weight excluding hydrogens is 363 g/mol. The minimum Gasteiger partial charge on any atom is -0.444 e. The lowest BCUT2D eigenvalue weighted by atomic mass is 10.1. The maximum absolute atomic E-state index is 14.7. The number of carbonyl (C=O) groups excluding carboxylic acids is 1. The van der Waals surface area contributed by atoms with E-state index in [0.29, 0.717) is 42.0 Å². The van der Waals surface area contributed by atoms with Crippen LogP contribution >= 0.6 is 0 Å². The average molecular weight is 384 g/mol. The van der Waals surface area contributed by atoms with Crippen LogP contribution in [0.4, 0.5) is 9.18 Å². The van der Waals surface area contributed by atoms with Crippen molar-refractivity contribution in [3.05, 3.63) is 47.8 Å². The smallest absolute Gasteiger partial charge is 0.410 e. The van der Waals surface area contributed by atoms with Crippen molar-refractivity contribution in [1.82, 2.24) is 19.9 Å². The molecule has 0 saturated heterocycles. The number of halogens is 1. The fraction of sp³-hybridized carbons (Fsp3) is 0.350. The van der Waals surface area contributed by atoms with Crippen molar-refractivity contribution in [1.29, 1.82) is 0 Å². The molecule has 1 aromatic carbocycles. The standard InChI is InChI=1S/C20H21FN4O3/c1-20(2,3)28-19(26)25-9-7-13-15(10-25)23-11-24-18(13)27-16-5-4-14-12(17(16)21)6-8-22-14/h4-6,8,11,22H,7,9-10H2,1-3H3. The summed E-state index contributed by atoms with van der Waals surface area (Å²) in [5, 5.41) is 0.455. The fourth-order valence-electron chi connectivity index (χ4n) is 3.15. The molecule has 4 rings (SSSR count). The van der Waals surface area contributed by atoms with Crippen LogP contribution in [0.1, 0.15) is 32.0 Å². The first-order valence-electron chi connectivity index (χ1n) is 9.06. The Kier molecular flexibility index (Phi) is 4.41. The minimum atomic E-state index is -0.564. The molecule has 0 atom stereocenters. The predicted octanol–water partition coefficient (Wildman–Crippen LogP) is 4.18. The van der Waals surface area contributed by atoms with Crippen LogP contribution in [0.2, 0.25) is 0 Å². The second-order valence-electron chi connectivity index (χ2n) is 7.67. The Labute approximate surface area is 161 Å². The van der Waals surface area contributed by atoms with Gasteiger partial charge in [-0.25, -0.2) is 19.2 Å². The number of aromatic nitrogens is 3. The van der Waals surface area contributed by atoms with Crippen molar-refractivity contribution in [2.75, 3.05) is 6.54 Å². The van der Waals surface area contributed by atoms with E-state index in [4.69, 9.17) is 9.47 Å². The zero-order chi connectivity index (χ0) is 19.9. The van der Waals surface area contributed by atoms with Gasteiger partial charge >= 0.3 is 6.09 Å². The van der Waals surface area contributed by atoms with E-state index in [1.165, 1.54) is 6.33 Å². The van der Waals surface area contributed by atoms with Crippen molar-refractivity contribution in [2.45, 2.75) is 39.3 Å². The number of fused-ring (bicyclic) bond motifs is 2. The molecule has 0 spiro atoms. The molecule has 146 valence electrons. The highest BCUT2D eigenvalue weighted by molar-refractivity contribution is 5.81. The third-order valence-electron chi connectivity index (χ3n) is 4.46. The van der Waals surface area contributed by atoms with Crippen molar-refractivity contribution >= 4 is 17.0 Å². The lowest BCUT2D eigenvalue weighted by Crippen LogP contribution is -2.40. The van der Waals surface area contributed by atoms with Gasteiger partial charge in [0, 0.05) is 29.2 Å². The minimum absolute atomic E-state index is 0.0996. The molecule has 3 heterocycles. The molecule has 0 radical (unpaired) electrons. The van der Waals surface area contributed by atoms with Crippen LogP contribution in [-0.2, 0) is 17.7 Å². The number of hydrogen-bond acceptors (Lipinski definition) is 5. The Balaban J connectivity index is 1.57. The maximum atomic E-state index is 14.7. The van der Waals surface area contributed by atoms with Crippen LogP contribution in [0.3, 0.4) is 0 Å². The van der Waals surface area contributed by atoms with Gasteiger partial charge < -0.3 is 19.4 Å². The molecule has 0 bridgehead atoms. The van der Waals surface area contributed by atoms with Crippen LogP contribution in [0, 0.1) is 5.82 Å². The number of ether oxygens (including phenoxy) is 2. The number of nitrogens with one attached hydrogen (secondary N) is 1. The molecule has 0 unspecified atom stereocenters. The van der Waals surface area contributed by atoms with Crippen LogP contribution in [0.5, 0.6) is 11.6 Å². The molecule has 1 aliphatic heterocycles. The van der Waals surface area contributed by atoms with Crippen LogP contribution < -0.4 is 4.74 Å². The molecule has 1 N–H and O–H groups in total. The van der Waals surface area contributed by atoms with Crippen LogP contribution in [0.25, 0.3) is 10.9 Å². The highest BCUT2D eigenvalue weighted by Gasteiger charge is 2.28. The number of benzene rings is 1. The Morgan fingerprint density at radius 3 is 2.86 bits per heavy atom. The molecular formula is C20H21FN4O3. The maximum Gasteiger partial charge on any atom is 0.410 e. The van der Waals surface area contributed by atoms with E-state index in [9.17, 15) is 9.18 Å². The second-order valence-corrected chi connectivity index (χ2v) is 7.67. The number of H-pyrrole nitrogens is 1. The lowest BCUT2D eigenvalue weighted by molar-refractivity contribution is 0.0219. The average Bonchev–Trinajstić information content (AvgIpc) is 3.12. The Hall–Kier alpha value is -3.16. The van der Waals surface area contributed by atoms with Gasteiger partial charge in [0.1, 0.15) is 11.9 Å². The van der Waals surface area contributed by atoms with Gasteiger partial charge in [-0.05, 0) is 45.4 Å². The number of carbonyl (C=O) groups is 1. The molecule has 8 heteroatoms. The number of hydrogen-bond donors (Lipinski definition) is 1. The van der Waals surface area contributed by atoms with Crippen molar-refractivity contribution in [3.8, 4) is 11.6 Å². The summed E-state index contributed by atoms with van der Waals surface area (Å²) in [5.74, 6) is -0.0394. The van der Waals surface area contributed by atoms with E-state index < -0.39 is 11.4 Å². The van der Waals surface area contributed by atoms with Gasteiger partial charge in [0.25, 0.3) is 0 Å². The Morgan fingerprint density at radius 1 is 1.25 bits per heavy atom. The van der Waals surface area contributed by atoms with Crippen molar-refractivity contribution in [3.63, 3.8) is 0 Å². The molecule has 28 heavy (non-hydrogen) atoms. The van der Waals surface area contributed by atoms with Crippen molar-refractivity contribution < 1.29 is 18.7 Å². The summed E-state index contributed by atoms with van der Waals surface area (Å²) in [7, 11) is 0. The molecule has 1 amide bonds. The molecule has 0 saturated carbocycles. The van der Waals surface area contributed by atoms with Crippen LogP contribution in [0.15, 0.2) is 30.7 Å². The van der Waals surface area contributed by atoms with E-state index in [2.05, 4.69) is 15.0 Å². The van der Waals surface area contributed by atoms with Crippen LogP contribution in [-0.4, -0.2) is 38.1 Å². The first-order chi connectivity index (χ1) is 13.3. The summed E-state index contributed by atoms with van der Waals surface area (Å²) in [4.78, 5) is 25.3. The molecule has 3 aromatic rings. The Bertz CT molecular complexity index is 1040. The second kappa shape index (κ2) is 6.78. The van der Waals surface area contributed by atoms with Gasteiger partial charge in [-0.15, -0.1) is 0 Å². The topological polar surface area (TPSA) is 80.3 Å². The van der Waals surface area contributed by atoms with E-state index in [1.807, 2.05) is 20.8 Å². The predicted molar refractivity (Wildman–Crippen MR) is 101 cm³/mol. The molecule has 0 fully saturated rings. The largest absolute Gasteiger partial charge is 0.444 e. The zero-order valence-corrected chi connectivity index (χ0v) is 16.0. The van der Waals surface area contributed by atoms with E-state index in [0.717, 1.165) is 5.56 Å². The van der Waals surface area contributed by atoms with Gasteiger partial charge in [0.2, 0.25) is 5.88 Å². The quantitative estimate of drug-likeness (QED) is 0.717. The number of rotatable bonds is 2. The van der Waals surface area contributed by atoms with Gasteiger partial charge in [-0.1, -0.05) is 0 Å². The first kappa shape index (κ1) is 18.2. The molecule has 2 aromatic heterocycles. The summed E-state index contributed by atoms with van der Waals surface area (Å²) in [6.07, 6.45) is 3.15. The van der Waals surface area contributed by atoms with Gasteiger partial charge in [0.05, 0.1) is 12.2 Å². The summed E-state index contributed by atoms with van der Waals surface area (Å²) >= 11 is 0. The third kappa shape index (κ3) is 3.49. The summed E-state index contributed by atoms with van der Waals surface area (Å²) < 4.78 is 25.9. The zero-order valence-electron chi connectivity index (χ0n) is 16.0. The highest BCUT2D eigenvalue weighted by Crippen LogP contribution is 2.32. The molecule has 7 nitrogen and oxygen atoms in total.